The number of aryl methyl sites for hydroxylation is 1. The standard InChI is InChI=1S/C16H12ClN7OS2/c1-23-12-9(5-20-24(16(12)25)6-8-2-3-19-22-8)13-15(23)21-11(27-13)4-10-14(17)26-7-18-10/h2-3,5,7H,4,6H2,1H3,(H,19,22). The molecule has 0 spiro atoms. The van der Waals surface area contributed by atoms with Gasteiger partial charge in [-0.05, 0) is 6.07 Å². The highest BCUT2D eigenvalue weighted by atomic mass is 35.5. The largest absolute Gasteiger partial charge is 0.323 e. The number of nitrogens with zero attached hydrogens (tertiary/aromatic N) is 6. The van der Waals surface area contributed by atoms with E-state index in [0.29, 0.717) is 22.8 Å². The molecular formula is C16H12ClN7OS2. The summed E-state index contributed by atoms with van der Waals surface area (Å²) in [7, 11) is 1.85. The Morgan fingerprint density at radius 1 is 1.37 bits per heavy atom. The van der Waals surface area contributed by atoms with Crippen LogP contribution in [0.15, 0.2) is 28.8 Å². The molecule has 0 aliphatic rings. The number of thiazole rings is 2. The lowest BCUT2D eigenvalue weighted by Gasteiger charge is -2.03. The van der Waals surface area contributed by atoms with Gasteiger partial charge in [0.2, 0.25) is 0 Å². The molecule has 5 rings (SSSR count). The molecule has 0 unspecified atom stereocenters. The monoisotopic (exact) mass is 417 g/mol. The fourth-order valence-corrected chi connectivity index (χ4v) is 4.95. The highest BCUT2D eigenvalue weighted by molar-refractivity contribution is 7.19. The van der Waals surface area contributed by atoms with Gasteiger partial charge in [0, 0.05) is 25.1 Å². The number of aromatic amines is 1. The highest BCUT2D eigenvalue weighted by Crippen LogP contribution is 2.32. The van der Waals surface area contributed by atoms with Crippen molar-refractivity contribution in [1.82, 2.24) is 34.5 Å². The molecular weight excluding hydrogens is 406 g/mol. The summed E-state index contributed by atoms with van der Waals surface area (Å²) >= 11 is 9.10. The SMILES string of the molecule is Cn1c2nc(Cc3ncsc3Cl)sc2c2cnn(Cc3ccn[nH]3)c(=O)c21. The third-order valence-electron chi connectivity index (χ3n) is 4.36. The van der Waals surface area contributed by atoms with Crippen LogP contribution in [0.5, 0.6) is 0 Å². The Morgan fingerprint density at radius 2 is 2.26 bits per heavy atom. The zero-order valence-electron chi connectivity index (χ0n) is 14.0. The fourth-order valence-electron chi connectivity index (χ4n) is 3.07. The van der Waals surface area contributed by atoms with Gasteiger partial charge < -0.3 is 4.57 Å². The van der Waals surface area contributed by atoms with Crippen LogP contribution in [-0.2, 0) is 20.0 Å². The maximum atomic E-state index is 12.9. The van der Waals surface area contributed by atoms with E-state index in [-0.39, 0.29) is 5.56 Å². The van der Waals surface area contributed by atoms with Gasteiger partial charge in [-0.2, -0.15) is 10.2 Å². The molecule has 0 aromatic carbocycles. The van der Waals surface area contributed by atoms with Gasteiger partial charge in [0.15, 0.2) is 5.65 Å². The van der Waals surface area contributed by atoms with Gasteiger partial charge in [-0.3, -0.25) is 9.89 Å². The van der Waals surface area contributed by atoms with Crippen LogP contribution < -0.4 is 5.56 Å². The summed E-state index contributed by atoms with van der Waals surface area (Å²) in [6.45, 7) is 0.342. The average Bonchev–Trinajstić information content (AvgIpc) is 3.41. The van der Waals surface area contributed by atoms with Crippen molar-refractivity contribution < 1.29 is 0 Å². The molecule has 0 fully saturated rings. The van der Waals surface area contributed by atoms with Crippen LogP contribution in [0.3, 0.4) is 0 Å². The fraction of sp³-hybridized carbons (Fsp3) is 0.188. The molecule has 0 saturated carbocycles. The first-order valence-corrected chi connectivity index (χ1v) is 10.1. The molecule has 0 bridgehead atoms. The third kappa shape index (κ3) is 2.68. The van der Waals surface area contributed by atoms with Crippen LogP contribution in [0.25, 0.3) is 21.3 Å². The average molecular weight is 418 g/mol. The lowest BCUT2D eigenvalue weighted by atomic mass is 10.3. The van der Waals surface area contributed by atoms with E-state index in [0.717, 1.165) is 32.1 Å². The van der Waals surface area contributed by atoms with Crippen molar-refractivity contribution in [3.05, 3.63) is 55.1 Å². The van der Waals surface area contributed by atoms with E-state index in [4.69, 9.17) is 16.6 Å². The molecule has 0 saturated heterocycles. The summed E-state index contributed by atoms with van der Waals surface area (Å²) in [5, 5.41) is 12.8. The number of nitrogens with one attached hydrogen (secondary N) is 1. The first kappa shape index (κ1) is 16.6. The Balaban J connectivity index is 1.61. The van der Waals surface area contributed by atoms with E-state index in [1.807, 2.05) is 17.7 Å². The normalized spacial score (nSPS) is 11.8. The van der Waals surface area contributed by atoms with Gasteiger partial charge in [-0.15, -0.1) is 22.7 Å². The molecule has 0 amide bonds. The molecule has 1 N–H and O–H groups in total. The molecule has 8 nitrogen and oxygen atoms in total. The van der Waals surface area contributed by atoms with Crippen molar-refractivity contribution in [3.8, 4) is 0 Å². The van der Waals surface area contributed by atoms with Crippen molar-refractivity contribution in [2.75, 3.05) is 0 Å². The molecule has 5 heterocycles. The predicted molar refractivity (Wildman–Crippen MR) is 106 cm³/mol. The van der Waals surface area contributed by atoms with Crippen LogP contribution in [0, 0.1) is 0 Å². The smallest absolute Gasteiger partial charge is 0.291 e. The number of hydrogen-bond acceptors (Lipinski definition) is 7. The molecule has 0 radical (unpaired) electrons. The molecule has 11 heteroatoms. The Bertz CT molecular complexity index is 1330. The Labute approximate surface area is 165 Å². The quantitative estimate of drug-likeness (QED) is 0.485. The molecule has 0 aliphatic carbocycles. The zero-order valence-corrected chi connectivity index (χ0v) is 16.4. The lowest BCUT2D eigenvalue weighted by molar-refractivity contribution is 0.631. The zero-order chi connectivity index (χ0) is 18.5. The number of aromatic nitrogens is 7. The summed E-state index contributed by atoms with van der Waals surface area (Å²) in [5.41, 5.74) is 4.59. The molecule has 0 atom stereocenters. The summed E-state index contributed by atoms with van der Waals surface area (Å²) in [5.74, 6) is 0. The minimum atomic E-state index is -0.154. The van der Waals surface area contributed by atoms with Gasteiger partial charge >= 0.3 is 0 Å². The minimum Gasteiger partial charge on any atom is -0.323 e. The van der Waals surface area contributed by atoms with Crippen LogP contribution in [0.2, 0.25) is 4.34 Å². The van der Waals surface area contributed by atoms with Crippen LogP contribution in [-0.4, -0.2) is 34.5 Å². The summed E-state index contributed by atoms with van der Waals surface area (Å²) in [6, 6.07) is 1.82. The first-order chi connectivity index (χ1) is 13.1. The van der Waals surface area contributed by atoms with Crippen LogP contribution >= 0.6 is 34.3 Å². The minimum absolute atomic E-state index is 0.154. The molecule has 27 heavy (non-hydrogen) atoms. The van der Waals surface area contributed by atoms with Crippen LogP contribution in [0.1, 0.15) is 16.4 Å². The lowest BCUT2D eigenvalue weighted by Crippen LogP contribution is -2.24. The van der Waals surface area contributed by atoms with Crippen molar-refractivity contribution >= 4 is 55.5 Å². The van der Waals surface area contributed by atoms with Crippen molar-refractivity contribution in [3.63, 3.8) is 0 Å². The van der Waals surface area contributed by atoms with Gasteiger partial charge in [0.05, 0.1) is 34.3 Å². The van der Waals surface area contributed by atoms with Crippen molar-refractivity contribution in [1.29, 1.82) is 0 Å². The first-order valence-electron chi connectivity index (χ1n) is 8.02. The van der Waals surface area contributed by atoms with E-state index in [9.17, 15) is 4.79 Å². The van der Waals surface area contributed by atoms with E-state index in [1.165, 1.54) is 16.0 Å². The van der Waals surface area contributed by atoms with Gasteiger partial charge in [-0.25, -0.2) is 14.6 Å². The Morgan fingerprint density at radius 3 is 3.00 bits per heavy atom. The van der Waals surface area contributed by atoms with E-state index < -0.39 is 0 Å². The second-order valence-electron chi connectivity index (χ2n) is 6.02. The van der Waals surface area contributed by atoms with Gasteiger partial charge in [0.1, 0.15) is 14.9 Å². The number of rotatable bonds is 4. The maximum Gasteiger partial charge on any atom is 0.291 e. The number of hydrogen-bond donors (Lipinski definition) is 1. The second kappa shape index (κ2) is 6.25. The Hall–Kier alpha value is -2.56. The topological polar surface area (TPSA) is 94.3 Å². The number of fused-ring (bicyclic) bond motifs is 3. The molecule has 136 valence electrons. The summed E-state index contributed by atoms with van der Waals surface area (Å²) in [4.78, 5) is 21.9. The number of halogens is 1. The van der Waals surface area contributed by atoms with Gasteiger partial charge in [0.25, 0.3) is 5.56 Å². The molecule has 5 aromatic heterocycles. The van der Waals surface area contributed by atoms with E-state index in [1.54, 1.807) is 29.2 Å². The van der Waals surface area contributed by atoms with Crippen LogP contribution in [0.4, 0.5) is 0 Å². The third-order valence-corrected chi connectivity index (χ3v) is 6.58. The summed E-state index contributed by atoms with van der Waals surface area (Å²) < 4.78 is 4.89. The van der Waals surface area contributed by atoms with Crippen molar-refractivity contribution in [2.45, 2.75) is 13.0 Å². The second-order valence-corrected chi connectivity index (χ2v) is 8.56. The molecule has 5 aromatic rings. The van der Waals surface area contributed by atoms with Crippen molar-refractivity contribution in [2.24, 2.45) is 7.05 Å². The highest BCUT2D eigenvalue weighted by Gasteiger charge is 2.19. The predicted octanol–water partition coefficient (Wildman–Crippen LogP) is 2.82. The Kier molecular flexibility index (Phi) is 3.85. The van der Waals surface area contributed by atoms with Gasteiger partial charge in [-0.1, -0.05) is 11.6 Å². The molecule has 0 aliphatic heterocycles. The summed E-state index contributed by atoms with van der Waals surface area (Å²) in [6.07, 6.45) is 3.96. The number of H-pyrrole nitrogens is 1. The maximum absolute atomic E-state index is 12.9. The van der Waals surface area contributed by atoms with E-state index >= 15 is 0 Å². The van der Waals surface area contributed by atoms with E-state index in [2.05, 4.69) is 20.3 Å².